The van der Waals surface area contributed by atoms with E-state index in [0.717, 1.165) is 0 Å². The van der Waals surface area contributed by atoms with E-state index in [1.807, 2.05) is 6.07 Å². The van der Waals surface area contributed by atoms with Gasteiger partial charge in [0.2, 0.25) is 5.88 Å². The van der Waals surface area contributed by atoms with E-state index >= 15 is 0 Å². The number of nitrogen functional groups attached to an aromatic ring is 1. The molecule has 5 heteroatoms. The predicted octanol–water partition coefficient (Wildman–Crippen LogP) is 2.03. The zero-order valence-corrected chi connectivity index (χ0v) is 9.21. The second-order valence-electron chi connectivity index (χ2n) is 3.39. The topological polar surface area (TPSA) is 84.8 Å². The third kappa shape index (κ3) is 2.49. The van der Waals surface area contributed by atoms with Gasteiger partial charge in [-0.05, 0) is 19.1 Å². The molecule has 0 bridgehead atoms. The summed E-state index contributed by atoms with van der Waals surface area (Å²) in [7, 11) is 0. The van der Waals surface area contributed by atoms with E-state index in [1.54, 1.807) is 31.2 Å². The molecule has 2 rings (SSSR count). The summed E-state index contributed by atoms with van der Waals surface area (Å²) >= 11 is 0. The van der Waals surface area contributed by atoms with E-state index in [1.165, 1.54) is 6.07 Å². The Labute approximate surface area is 98.5 Å². The van der Waals surface area contributed by atoms with Crippen LogP contribution in [0.15, 0.2) is 30.3 Å². The molecule has 84 valence electrons. The van der Waals surface area contributed by atoms with Crippen molar-refractivity contribution in [2.24, 2.45) is 0 Å². The molecule has 1 heterocycles. The van der Waals surface area contributed by atoms with E-state index in [-0.39, 0.29) is 0 Å². The Morgan fingerprint density at radius 1 is 1.29 bits per heavy atom. The molecule has 0 saturated carbocycles. The molecule has 2 N–H and O–H groups in total. The number of nitriles is 1. The van der Waals surface area contributed by atoms with Gasteiger partial charge in [0.05, 0.1) is 5.56 Å². The Kier molecular flexibility index (Phi) is 2.88. The van der Waals surface area contributed by atoms with Gasteiger partial charge in [-0.15, -0.1) is 0 Å². The van der Waals surface area contributed by atoms with Gasteiger partial charge >= 0.3 is 0 Å². The molecule has 0 unspecified atom stereocenters. The molecule has 0 atom stereocenters. The highest BCUT2D eigenvalue weighted by Crippen LogP contribution is 2.23. The number of hydrogen-bond donors (Lipinski definition) is 1. The summed E-state index contributed by atoms with van der Waals surface area (Å²) in [6.07, 6.45) is 0. The SMILES string of the molecule is Cc1nc(N)cc(Oc2ccccc2C#N)n1. The van der Waals surface area contributed by atoms with Gasteiger partial charge in [-0.3, -0.25) is 0 Å². The van der Waals surface area contributed by atoms with Gasteiger partial charge in [0.25, 0.3) is 0 Å². The molecule has 0 amide bonds. The molecule has 0 aliphatic carbocycles. The number of nitrogens with two attached hydrogens (primary N) is 1. The summed E-state index contributed by atoms with van der Waals surface area (Å²) in [6, 6.07) is 10.5. The number of aromatic nitrogens is 2. The van der Waals surface area contributed by atoms with Gasteiger partial charge in [0.15, 0.2) is 0 Å². The first-order valence-corrected chi connectivity index (χ1v) is 4.97. The molecule has 0 saturated heterocycles. The first kappa shape index (κ1) is 10.9. The Morgan fingerprint density at radius 3 is 2.76 bits per heavy atom. The zero-order valence-electron chi connectivity index (χ0n) is 9.21. The molecule has 0 aliphatic heterocycles. The molecule has 0 spiro atoms. The lowest BCUT2D eigenvalue weighted by Crippen LogP contribution is -1.98. The van der Waals surface area contributed by atoms with Crippen LogP contribution in [0.1, 0.15) is 11.4 Å². The van der Waals surface area contributed by atoms with E-state index in [2.05, 4.69) is 9.97 Å². The van der Waals surface area contributed by atoms with Crippen LogP contribution in [0.5, 0.6) is 11.6 Å². The van der Waals surface area contributed by atoms with Crippen molar-refractivity contribution in [2.75, 3.05) is 5.73 Å². The van der Waals surface area contributed by atoms with Crippen LogP contribution >= 0.6 is 0 Å². The standard InChI is InChI=1S/C12H10N4O/c1-8-15-11(14)6-12(16-8)17-10-5-3-2-4-9(10)7-13/h2-6H,1H3,(H2,14,15,16). The number of hydrogen-bond acceptors (Lipinski definition) is 5. The number of anilines is 1. The van der Waals surface area contributed by atoms with Crippen molar-refractivity contribution in [3.05, 3.63) is 41.7 Å². The average Bonchev–Trinajstić information content (AvgIpc) is 2.28. The van der Waals surface area contributed by atoms with Crippen LogP contribution in [0.25, 0.3) is 0 Å². The van der Waals surface area contributed by atoms with E-state index in [9.17, 15) is 0 Å². The molecular formula is C12H10N4O. The maximum Gasteiger partial charge on any atom is 0.224 e. The van der Waals surface area contributed by atoms with Crippen molar-refractivity contribution in [3.63, 3.8) is 0 Å². The maximum atomic E-state index is 8.92. The van der Waals surface area contributed by atoms with Crippen LogP contribution in [-0.4, -0.2) is 9.97 Å². The summed E-state index contributed by atoms with van der Waals surface area (Å²) in [5.74, 6) is 1.64. The van der Waals surface area contributed by atoms with E-state index in [0.29, 0.717) is 28.8 Å². The van der Waals surface area contributed by atoms with Crippen LogP contribution in [-0.2, 0) is 0 Å². The second-order valence-corrected chi connectivity index (χ2v) is 3.39. The van der Waals surface area contributed by atoms with Crippen molar-refractivity contribution in [1.82, 2.24) is 9.97 Å². The Balaban J connectivity index is 2.35. The predicted molar refractivity (Wildman–Crippen MR) is 62.4 cm³/mol. The summed E-state index contributed by atoms with van der Waals surface area (Å²) in [6.45, 7) is 1.72. The normalized spacial score (nSPS) is 9.65. The van der Waals surface area contributed by atoms with Crippen LogP contribution in [0.3, 0.4) is 0 Å². The Bertz CT molecular complexity index is 569. The van der Waals surface area contributed by atoms with Gasteiger partial charge in [0, 0.05) is 6.07 Å². The molecule has 17 heavy (non-hydrogen) atoms. The van der Waals surface area contributed by atoms with E-state index < -0.39 is 0 Å². The minimum absolute atomic E-state index is 0.331. The average molecular weight is 226 g/mol. The van der Waals surface area contributed by atoms with E-state index in [4.69, 9.17) is 15.7 Å². The van der Waals surface area contributed by atoms with Gasteiger partial charge in [-0.1, -0.05) is 12.1 Å². The second kappa shape index (κ2) is 4.49. The van der Waals surface area contributed by atoms with Crippen LogP contribution < -0.4 is 10.5 Å². The largest absolute Gasteiger partial charge is 0.437 e. The van der Waals surface area contributed by atoms with Crippen molar-refractivity contribution in [2.45, 2.75) is 6.92 Å². The molecular weight excluding hydrogens is 216 g/mol. The fraction of sp³-hybridized carbons (Fsp3) is 0.0833. The van der Waals surface area contributed by atoms with Crippen molar-refractivity contribution >= 4 is 5.82 Å². The van der Waals surface area contributed by atoms with Gasteiger partial charge in [0.1, 0.15) is 23.5 Å². The lowest BCUT2D eigenvalue weighted by atomic mass is 10.2. The van der Waals surface area contributed by atoms with Crippen LogP contribution in [0.2, 0.25) is 0 Å². The Hall–Kier alpha value is -2.61. The monoisotopic (exact) mass is 226 g/mol. The zero-order chi connectivity index (χ0) is 12.3. The first-order chi connectivity index (χ1) is 8.19. The lowest BCUT2D eigenvalue weighted by Gasteiger charge is -2.06. The third-order valence-corrected chi connectivity index (χ3v) is 2.06. The summed E-state index contributed by atoms with van der Waals surface area (Å²) in [5.41, 5.74) is 6.03. The van der Waals surface area contributed by atoms with Crippen molar-refractivity contribution < 1.29 is 4.74 Å². The maximum absolute atomic E-state index is 8.92. The molecule has 0 fully saturated rings. The van der Waals surface area contributed by atoms with Gasteiger partial charge < -0.3 is 10.5 Å². The highest BCUT2D eigenvalue weighted by molar-refractivity contribution is 5.45. The molecule has 2 aromatic rings. The minimum atomic E-state index is 0.331. The highest BCUT2D eigenvalue weighted by Gasteiger charge is 2.06. The number of para-hydroxylation sites is 1. The number of benzene rings is 1. The highest BCUT2D eigenvalue weighted by atomic mass is 16.5. The number of aryl methyl sites for hydroxylation is 1. The van der Waals surface area contributed by atoms with Gasteiger partial charge in [-0.25, -0.2) is 4.98 Å². The van der Waals surface area contributed by atoms with Crippen molar-refractivity contribution in [1.29, 1.82) is 5.26 Å². The number of ether oxygens (including phenoxy) is 1. The smallest absolute Gasteiger partial charge is 0.224 e. The number of rotatable bonds is 2. The van der Waals surface area contributed by atoms with Gasteiger partial charge in [-0.2, -0.15) is 10.2 Å². The molecule has 5 nitrogen and oxygen atoms in total. The lowest BCUT2D eigenvalue weighted by molar-refractivity contribution is 0.459. The first-order valence-electron chi connectivity index (χ1n) is 4.97. The summed E-state index contributed by atoms with van der Waals surface area (Å²) in [5, 5.41) is 8.92. The molecule has 1 aromatic carbocycles. The third-order valence-electron chi connectivity index (χ3n) is 2.06. The summed E-state index contributed by atoms with van der Waals surface area (Å²) < 4.78 is 5.51. The Morgan fingerprint density at radius 2 is 2.06 bits per heavy atom. The molecule has 1 aromatic heterocycles. The summed E-state index contributed by atoms with van der Waals surface area (Å²) in [4.78, 5) is 8.02. The molecule has 0 radical (unpaired) electrons. The fourth-order valence-corrected chi connectivity index (χ4v) is 1.38. The van der Waals surface area contributed by atoms with Crippen LogP contribution in [0.4, 0.5) is 5.82 Å². The van der Waals surface area contributed by atoms with Crippen LogP contribution in [0, 0.1) is 18.3 Å². The quantitative estimate of drug-likeness (QED) is 0.846. The number of nitrogens with zero attached hydrogens (tertiary/aromatic N) is 3. The minimum Gasteiger partial charge on any atom is -0.437 e. The van der Waals surface area contributed by atoms with Crippen molar-refractivity contribution in [3.8, 4) is 17.7 Å². The fourth-order valence-electron chi connectivity index (χ4n) is 1.38. The molecule has 0 aliphatic rings.